The lowest BCUT2D eigenvalue weighted by Crippen LogP contribution is -2.65. The Kier molecular flexibility index (Phi) is 27.1. The fraction of sp³-hybridized carbons (Fsp3) is 0.927. The van der Waals surface area contributed by atoms with Gasteiger partial charge in [0.25, 0.3) is 0 Å². The zero-order valence-corrected chi connectivity index (χ0v) is 33.7. The summed E-state index contributed by atoms with van der Waals surface area (Å²) in [5.41, 5.74) is 0. The van der Waals surface area contributed by atoms with E-state index in [0.29, 0.717) is 19.3 Å². The molecule has 14 heteroatoms. The van der Waals surface area contributed by atoms with Gasteiger partial charge < -0.3 is 65.1 Å². The maximum Gasteiger partial charge on any atom is 0.220 e. The number of hydrogen-bond donors (Lipinski definition) is 9. The third-order valence-corrected chi connectivity index (χ3v) is 10.7. The van der Waals surface area contributed by atoms with Crippen LogP contribution in [-0.4, -0.2) is 140 Å². The zero-order valence-electron chi connectivity index (χ0n) is 33.7. The van der Waals surface area contributed by atoms with E-state index in [1.807, 2.05) is 0 Å². The third-order valence-electron chi connectivity index (χ3n) is 10.7. The molecule has 2 aliphatic rings. The number of rotatable bonds is 31. The Labute approximate surface area is 329 Å². The van der Waals surface area contributed by atoms with Crippen LogP contribution in [0.15, 0.2) is 12.2 Å². The van der Waals surface area contributed by atoms with Crippen LogP contribution in [-0.2, 0) is 23.7 Å². The number of nitrogens with one attached hydrogen (secondary N) is 1. The van der Waals surface area contributed by atoms with E-state index >= 15 is 0 Å². The summed E-state index contributed by atoms with van der Waals surface area (Å²) in [6.45, 7) is 2.75. The molecule has 2 aliphatic heterocycles. The van der Waals surface area contributed by atoms with E-state index in [-0.39, 0.29) is 12.5 Å². The van der Waals surface area contributed by atoms with Crippen LogP contribution >= 0.6 is 0 Å². The number of aliphatic hydroxyl groups is 8. The number of allylic oxidation sites excluding steroid dienone is 2. The lowest BCUT2D eigenvalue weighted by Gasteiger charge is -2.46. The first kappa shape index (κ1) is 49.9. The second kappa shape index (κ2) is 29.9. The van der Waals surface area contributed by atoms with Crippen LogP contribution in [0.5, 0.6) is 0 Å². The maximum absolute atomic E-state index is 13.0. The van der Waals surface area contributed by atoms with Crippen molar-refractivity contribution in [2.45, 2.75) is 222 Å². The Bertz CT molecular complexity index is 988. The topological polar surface area (TPSA) is 228 Å². The van der Waals surface area contributed by atoms with Crippen LogP contribution in [0, 0.1) is 0 Å². The van der Waals surface area contributed by atoms with Gasteiger partial charge in [0.15, 0.2) is 12.6 Å². The first-order valence-electron chi connectivity index (χ1n) is 21.4. The molecule has 0 aromatic heterocycles. The van der Waals surface area contributed by atoms with Gasteiger partial charge in [0.05, 0.1) is 32.0 Å². The molecule has 0 aromatic rings. The van der Waals surface area contributed by atoms with E-state index in [1.54, 1.807) is 0 Å². The maximum atomic E-state index is 13.0. The normalized spacial score (nSPS) is 29.8. The molecule has 0 radical (unpaired) electrons. The van der Waals surface area contributed by atoms with Crippen LogP contribution in [0.4, 0.5) is 0 Å². The standard InChI is InChI=1S/C41H77NO13/c1-3-5-7-9-11-12-13-14-15-16-17-19-21-23-25-33(46)42-29(30(45)24-22-20-18-10-8-6-4-2)28-52-40-38(51)36(49)39(32(27-44)54-40)55-41-37(50)35(48)34(47)31(26-43)53-41/h13-14,29-32,34-41,43-45,47-51H,3-12,15-28H2,1-2H3,(H,42,46)/b14-13-. The molecule has 9 N–H and O–H groups in total. The van der Waals surface area contributed by atoms with E-state index in [1.165, 1.54) is 51.4 Å². The summed E-state index contributed by atoms with van der Waals surface area (Å²) >= 11 is 0. The van der Waals surface area contributed by atoms with Crippen molar-refractivity contribution in [1.29, 1.82) is 0 Å². The smallest absolute Gasteiger partial charge is 0.220 e. The number of carbonyl (C=O) groups excluding carboxylic acids is 1. The fourth-order valence-electron chi connectivity index (χ4n) is 7.11. The number of carbonyl (C=O) groups is 1. The molecular formula is C41H77NO13. The van der Waals surface area contributed by atoms with E-state index in [2.05, 4.69) is 31.3 Å². The van der Waals surface area contributed by atoms with Gasteiger partial charge in [-0.15, -0.1) is 0 Å². The highest BCUT2D eigenvalue weighted by Gasteiger charge is 2.50. The van der Waals surface area contributed by atoms with Crippen molar-refractivity contribution in [2.24, 2.45) is 0 Å². The molecule has 12 unspecified atom stereocenters. The molecule has 1 amide bonds. The predicted molar refractivity (Wildman–Crippen MR) is 208 cm³/mol. The van der Waals surface area contributed by atoms with Gasteiger partial charge in [-0.25, -0.2) is 0 Å². The van der Waals surface area contributed by atoms with Gasteiger partial charge in [-0.1, -0.05) is 116 Å². The van der Waals surface area contributed by atoms with Crippen molar-refractivity contribution in [1.82, 2.24) is 5.32 Å². The van der Waals surface area contributed by atoms with Crippen LogP contribution in [0.2, 0.25) is 0 Å². The lowest BCUT2D eigenvalue weighted by molar-refractivity contribution is -0.359. The molecule has 0 aromatic carbocycles. The molecule has 0 saturated carbocycles. The van der Waals surface area contributed by atoms with Gasteiger partial charge in [0.2, 0.25) is 5.91 Å². The first-order chi connectivity index (χ1) is 26.6. The molecule has 14 nitrogen and oxygen atoms in total. The molecule has 324 valence electrons. The van der Waals surface area contributed by atoms with Crippen molar-refractivity contribution in [3.63, 3.8) is 0 Å². The van der Waals surface area contributed by atoms with Gasteiger partial charge >= 0.3 is 0 Å². The molecule has 2 saturated heterocycles. The Morgan fingerprint density at radius 1 is 0.636 bits per heavy atom. The van der Waals surface area contributed by atoms with Gasteiger partial charge in [0, 0.05) is 6.42 Å². The summed E-state index contributed by atoms with van der Waals surface area (Å²) in [5, 5.41) is 86.2. The van der Waals surface area contributed by atoms with Crippen LogP contribution in [0.3, 0.4) is 0 Å². The van der Waals surface area contributed by atoms with Gasteiger partial charge in [-0.05, 0) is 38.5 Å². The third kappa shape index (κ3) is 18.9. The first-order valence-corrected chi connectivity index (χ1v) is 21.4. The van der Waals surface area contributed by atoms with Crippen molar-refractivity contribution >= 4 is 5.91 Å². The summed E-state index contributed by atoms with van der Waals surface area (Å²) in [4.78, 5) is 13.0. The molecule has 0 spiro atoms. The quantitative estimate of drug-likeness (QED) is 0.0364. The second-order valence-corrected chi connectivity index (χ2v) is 15.5. The molecule has 55 heavy (non-hydrogen) atoms. The summed E-state index contributed by atoms with van der Waals surface area (Å²) < 4.78 is 22.6. The highest BCUT2D eigenvalue weighted by molar-refractivity contribution is 5.76. The minimum Gasteiger partial charge on any atom is -0.394 e. The van der Waals surface area contributed by atoms with Crippen molar-refractivity contribution < 1.29 is 64.6 Å². The van der Waals surface area contributed by atoms with Crippen LogP contribution < -0.4 is 5.32 Å². The number of ether oxygens (including phenoxy) is 4. The average molecular weight is 792 g/mol. The summed E-state index contributed by atoms with van der Waals surface area (Å²) in [6.07, 6.45) is 9.68. The fourth-order valence-corrected chi connectivity index (χ4v) is 7.11. The molecular weight excluding hydrogens is 714 g/mol. The monoisotopic (exact) mass is 792 g/mol. The molecule has 2 fully saturated rings. The Morgan fingerprint density at radius 3 is 1.73 bits per heavy atom. The number of aliphatic hydroxyl groups excluding tert-OH is 8. The van der Waals surface area contributed by atoms with Gasteiger partial charge in [-0.2, -0.15) is 0 Å². The van der Waals surface area contributed by atoms with Gasteiger partial charge in [0.1, 0.15) is 48.8 Å². The zero-order chi connectivity index (χ0) is 40.4. The molecule has 0 aliphatic carbocycles. The Morgan fingerprint density at radius 2 is 1.15 bits per heavy atom. The Hall–Kier alpha value is -1.27. The summed E-state index contributed by atoms with van der Waals surface area (Å²) in [5.74, 6) is -0.222. The molecule has 12 atom stereocenters. The number of unbranched alkanes of at least 4 members (excludes halogenated alkanes) is 16. The van der Waals surface area contributed by atoms with Crippen molar-refractivity contribution in [2.75, 3.05) is 19.8 Å². The molecule has 2 heterocycles. The van der Waals surface area contributed by atoms with Crippen molar-refractivity contribution in [3.05, 3.63) is 12.2 Å². The van der Waals surface area contributed by atoms with Crippen LogP contribution in [0.1, 0.15) is 149 Å². The van der Waals surface area contributed by atoms with Gasteiger partial charge in [-0.3, -0.25) is 4.79 Å². The minimum absolute atomic E-state index is 0.222. The summed E-state index contributed by atoms with van der Waals surface area (Å²) in [7, 11) is 0. The number of amides is 1. The van der Waals surface area contributed by atoms with Crippen LogP contribution in [0.25, 0.3) is 0 Å². The second-order valence-electron chi connectivity index (χ2n) is 15.5. The highest BCUT2D eigenvalue weighted by Crippen LogP contribution is 2.30. The lowest BCUT2D eigenvalue weighted by atomic mass is 9.97. The minimum atomic E-state index is -1.78. The van der Waals surface area contributed by atoms with Crippen molar-refractivity contribution in [3.8, 4) is 0 Å². The Balaban J connectivity index is 1.88. The van der Waals surface area contributed by atoms with E-state index in [9.17, 15) is 45.6 Å². The molecule has 2 rings (SSSR count). The highest BCUT2D eigenvalue weighted by atomic mass is 16.7. The largest absolute Gasteiger partial charge is 0.394 e. The average Bonchev–Trinajstić information content (AvgIpc) is 3.18. The van der Waals surface area contributed by atoms with E-state index in [4.69, 9.17) is 18.9 Å². The summed E-state index contributed by atoms with van der Waals surface area (Å²) in [6, 6.07) is -0.824. The number of hydrogen-bond acceptors (Lipinski definition) is 13. The van der Waals surface area contributed by atoms with E-state index in [0.717, 1.165) is 64.2 Å². The molecule has 0 bridgehead atoms. The van der Waals surface area contributed by atoms with E-state index < -0.39 is 86.8 Å². The SMILES string of the molecule is CCCCCCC/C=C\CCCCCCCC(=O)NC(COC1OC(CO)C(OC2OC(CO)C(O)C(O)C2O)C(O)C1O)C(O)CCCCCCCCC. The predicted octanol–water partition coefficient (Wildman–Crippen LogP) is 3.26.